The summed E-state index contributed by atoms with van der Waals surface area (Å²) < 4.78 is 6.02. The molecule has 0 radical (unpaired) electrons. The van der Waals surface area contributed by atoms with Gasteiger partial charge in [0, 0.05) is 30.4 Å². The first-order valence-electron chi connectivity index (χ1n) is 9.55. The van der Waals surface area contributed by atoms with E-state index in [4.69, 9.17) is 4.74 Å². The third kappa shape index (κ3) is 4.50. The smallest absolute Gasteiger partial charge is 0.255 e. The molecule has 0 spiro atoms. The number of carbonyl (C=O) groups is 2. The first-order valence-corrected chi connectivity index (χ1v) is 10.5. The van der Waals surface area contributed by atoms with Crippen molar-refractivity contribution >= 4 is 23.2 Å². The zero-order valence-electron chi connectivity index (χ0n) is 15.2. The van der Waals surface area contributed by atoms with E-state index in [1.165, 1.54) is 0 Å². The summed E-state index contributed by atoms with van der Waals surface area (Å²) in [7, 11) is 0. The Morgan fingerprint density at radius 1 is 1.19 bits per heavy atom. The summed E-state index contributed by atoms with van der Waals surface area (Å²) in [5.41, 5.74) is 1.36. The van der Waals surface area contributed by atoms with Crippen LogP contribution in [0.3, 0.4) is 0 Å². The fourth-order valence-electron chi connectivity index (χ4n) is 3.43. The molecule has 2 aromatic rings. The number of para-hydroxylation sites is 1. The first-order chi connectivity index (χ1) is 13.2. The number of piperidine rings is 1. The lowest BCUT2D eigenvalue weighted by Crippen LogP contribution is -2.41. The van der Waals surface area contributed by atoms with Gasteiger partial charge in [-0.15, -0.1) is 0 Å². The number of thiophene rings is 1. The van der Waals surface area contributed by atoms with Gasteiger partial charge in [0.1, 0.15) is 5.75 Å². The van der Waals surface area contributed by atoms with Gasteiger partial charge < -0.3 is 15.0 Å². The van der Waals surface area contributed by atoms with Crippen molar-refractivity contribution in [2.75, 3.05) is 19.7 Å². The Morgan fingerprint density at radius 3 is 2.81 bits per heavy atom. The van der Waals surface area contributed by atoms with E-state index in [9.17, 15) is 9.59 Å². The van der Waals surface area contributed by atoms with Crippen molar-refractivity contribution in [2.45, 2.75) is 31.7 Å². The highest BCUT2D eigenvalue weighted by atomic mass is 32.1. The second-order valence-corrected chi connectivity index (χ2v) is 8.11. The molecule has 1 saturated heterocycles. The van der Waals surface area contributed by atoms with Gasteiger partial charge in [-0.1, -0.05) is 12.1 Å². The lowest BCUT2D eigenvalue weighted by molar-refractivity contribution is 0.0633. The Morgan fingerprint density at radius 2 is 2.04 bits per heavy atom. The minimum Gasteiger partial charge on any atom is -0.492 e. The number of likely N-dealkylation sites (tertiary alicyclic amines) is 1. The molecule has 1 unspecified atom stereocenters. The van der Waals surface area contributed by atoms with Gasteiger partial charge in [0.05, 0.1) is 17.7 Å². The molecule has 1 saturated carbocycles. The second-order valence-electron chi connectivity index (χ2n) is 7.33. The average molecular weight is 385 g/mol. The van der Waals surface area contributed by atoms with Crippen LogP contribution in [0.4, 0.5) is 0 Å². The molecule has 2 aliphatic rings. The van der Waals surface area contributed by atoms with Crippen LogP contribution in [0.15, 0.2) is 41.1 Å². The topological polar surface area (TPSA) is 58.6 Å². The number of nitrogens with zero attached hydrogens (tertiary/aromatic N) is 1. The summed E-state index contributed by atoms with van der Waals surface area (Å²) in [4.78, 5) is 26.9. The zero-order valence-corrected chi connectivity index (χ0v) is 16.0. The van der Waals surface area contributed by atoms with Crippen molar-refractivity contribution in [2.24, 2.45) is 5.92 Å². The summed E-state index contributed by atoms with van der Waals surface area (Å²) in [6.07, 6.45) is 4.13. The molecule has 2 heterocycles. The Hall–Kier alpha value is -2.34. The maximum Gasteiger partial charge on any atom is 0.255 e. The third-order valence-corrected chi connectivity index (χ3v) is 5.78. The normalized spacial score (nSPS) is 19.6. The molecule has 142 valence electrons. The maximum atomic E-state index is 12.6. The van der Waals surface area contributed by atoms with Crippen LogP contribution in [-0.4, -0.2) is 42.5 Å². The van der Waals surface area contributed by atoms with E-state index in [-0.39, 0.29) is 17.7 Å². The van der Waals surface area contributed by atoms with Gasteiger partial charge in [-0.25, -0.2) is 0 Å². The van der Waals surface area contributed by atoms with Crippen molar-refractivity contribution in [3.8, 4) is 5.75 Å². The van der Waals surface area contributed by atoms with Crippen LogP contribution in [-0.2, 0) is 0 Å². The van der Waals surface area contributed by atoms with Crippen molar-refractivity contribution in [1.29, 1.82) is 0 Å². The standard InChI is InChI=1S/C21H24N2O3S/c24-20(22-17-7-8-17)18-5-1-2-6-19(18)26-13-15-4-3-10-23(12-15)21(25)16-9-11-27-14-16/h1-2,5-6,9,11,14-15,17H,3-4,7-8,10,12-13H2,(H,22,24). The molecule has 27 heavy (non-hydrogen) atoms. The molecule has 6 heteroatoms. The number of benzene rings is 1. The van der Waals surface area contributed by atoms with Crippen LogP contribution in [0.25, 0.3) is 0 Å². The Bertz CT molecular complexity index is 802. The largest absolute Gasteiger partial charge is 0.492 e. The van der Waals surface area contributed by atoms with Crippen molar-refractivity contribution in [3.63, 3.8) is 0 Å². The van der Waals surface area contributed by atoms with E-state index in [0.29, 0.717) is 30.5 Å². The fraction of sp³-hybridized carbons (Fsp3) is 0.429. The maximum absolute atomic E-state index is 12.6. The van der Waals surface area contributed by atoms with Gasteiger partial charge >= 0.3 is 0 Å². The quantitative estimate of drug-likeness (QED) is 0.828. The first kappa shape index (κ1) is 18.0. The van der Waals surface area contributed by atoms with Crippen LogP contribution >= 0.6 is 11.3 Å². The Kier molecular flexibility index (Phi) is 5.43. The number of hydrogen-bond acceptors (Lipinski definition) is 4. The molecule has 2 amide bonds. The highest BCUT2D eigenvalue weighted by Gasteiger charge is 2.27. The molecule has 5 nitrogen and oxygen atoms in total. The van der Waals surface area contributed by atoms with Crippen LogP contribution in [0, 0.1) is 5.92 Å². The predicted octanol–water partition coefficient (Wildman–Crippen LogP) is 3.57. The number of hydrogen-bond donors (Lipinski definition) is 1. The second kappa shape index (κ2) is 8.13. The van der Waals surface area contributed by atoms with E-state index >= 15 is 0 Å². The number of nitrogens with one attached hydrogen (secondary N) is 1. The molecule has 1 aromatic carbocycles. The fourth-order valence-corrected chi connectivity index (χ4v) is 4.06. The van der Waals surface area contributed by atoms with E-state index in [0.717, 1.165) is 37.8 Å². The van der Waals surface area contributed by atoms with Gasteiger partial charge in [-0.05, 0) is 49.3 Å². The van der Waals surface area contributed by atoms with Gasteiger partial charge in [0.25, 0.3) is 11.8 Å². The summed E-state index contributed by atoms with van der Waals surface area (Å²) >= 11 is 1.54. The number of carbonyl (C=O) groups excluding carboxylic acids is 2. The Labute approximate surface area is 163 Å². The summed E-state index contributed by atoms with van der Waals surface area (Å²) in [5, 5.41) is 6.85. The third-order valence-electron chi connectivity index (χ3n) is 5.09. The Balaban J connectivity index is 1.36. The van der Waals surface area contributed by atoms with Crippen LogP contribution in [0.1, 0.15) is 46.4 Å². The van der Waals surface area contributed by atoms with Crippen molar-refractivity contribution in [1.82, 2.24) is 10.2 Å². The van der Waals surface area contributed by atoms with E-state index < -0.39 is 0 Å². The van der Waals surface area contributed by atoms with Crippen LogP contribution < -0.4 is 10.1 Å². The van der Waals surface area contributed by atoms with Gasteiger partial charge in [0.2, 0.25) is 0 Å². The van der Waals surface area contributed by atoms with E-state index in [2.05, 4.69) is 5.32 Å². The highest BCUT2D eigenvalue weighted by molar-refractivity contribution is 7.08. The monoisotopic (exact) mass is 384 g/mol. The SMILES string of the molecule is O=C(NC1CC1)c1ccccc1OCC1CCCN(C(=O)c2ccsc2)C1. The molecule has 1 atom stereocenters. The van der Waals surface area contributed by atoms with Crippen molar-refractivity contribution < 1.29 is 14.3 Å². The number of rotatable bonds is 6. The average Bonchev–Trinajstić information content (AvgIpc) is 3.34. The molecule has 0 bridgehead atoms. The van der Waals surface area contributed by atoms with E-state index in [1.54, 1.807) is 17.4 Å². The summed E-state index contributed by atoms with van der Waals surface area (Å²) in [6.45, 7) is 2.01. The molecule has 1 aliphatic heterocycles. The molecular formula is C21H24N2O3S. The lowest BCUT2D eigenvalue weighted by Gasteiger charge is -2.32. The number of ether oxygens (including phenoxy) is 1. The van der Waals surface area contributed by atoms with Gasteiger partial charge in [-0.3, -0.25) is 9.59 Å². The van der Waals surface area contributed by atoms with Crippen LogP contribution in [0.5, 0.6) is 5.75 Å². The summed E-state index contributed by atoms with van der Waals surface area (Å²) in [5.74, 6) is 0.939. The number of amides is 2. The van der Waals surface area contributed by atoms with Gasteiger partial charge in [0.15, 0.2) is 0 Å². The van der Waals surface area contributed by atoms with E-state index in [1.807, 2.05) is 39.9 Å². The minimum atomic E-state index is -0.0639. The predicted molar refractivity (Wildman–Crippen MR) is 105 cm³/mol. The van der Waals surface area contributed by atoms with Crippen LogP contribution in [0.2, 0.25) is 0 Å². The minimum absolute atomic E-state index is 0.0639. The lowest BCUT2D eigenvalue weighted by atomic mass is 9.98. The zero-order chi connectivity index (χ0) is 18.6. The molecule has 1 aliphatic carbocycles. The summed E-state index contributed by atoms with van der Waals surface area (Å²) in [6, 6.07) is 9.59. The molecule has 4 rings (SSSR count). The molecule has 1 N–H and O–H groups in total. The highest BCUT2D eigenvalue weighted by Crippen LogP contribution is 2.25. The van der Waals surface area contributed by atoms with Crippen molar-refractivity contribution in [3.05, 3.63) is 52.2 Å². The molecule has 1 aromatic heterocycles. The molecule has 2 fully saturated rings. The molecular weight excluding hydrogens is 360 g/mol. The van der Waals surface area contributed by atoms with Gasteiger partial charge in [-0.2, -0.15) is 11.3 Å².